The molecule has 1 unspecified atom stereocenters. The number of aryl methyl sites for hydroxylation is 2. The Kier molecular flexibility index (Phi) is 3.80. The van der Waals surface area contributed by atoms with E-state index in [0.717, 1.165) is 24.9 Å². The molecule has 102 valence electrons. The topological polar surface area (TPSA) is 84.3 Å². The molecule has 0 radical (unpaired) electrons. The van der Waals surface area contributed by atoms with Gasteiger partial charge in [0.1, 0.15) is 0 Å². The molecule has 19 heavy (non-hydrogen) atoms. The van der Waals surface area contributed by atoms with Gasteiger partial charge >= 0.3 is 0 Å². The van der Waals surface area contributed by atoms with Crippen molar-refractivity contribution in [2.75, 3.05) is 11.9 Å². The van der Waals surface area contributed by atoms with Gasteiger partial charge in [-0.05, 0) is 44.9 Å². The second-order valence-corrected chi connectivity index (χ2v) is 4.85. The molecular formula is C13H17N3O3. The van der Waals surface area contributed by atoms with Crippen LogP contribution in [0.1, 0.15) is 24.0 Å². The van der Waals surface area contributed by atoms with Crippen LogP contribution in [-0.4, -0.2) is 23.4 Å². The number of anilines is 1. The van der Waals surface area contributed by atoms with E-state index in [9.17, 15) is 14.9 Å². The predicted molar refractivity (Wildman–Crippen MR) is 72.2 cm³/mol. The van der Waals surface area contributed by atoms with Crippen LogP contribution in [0.25, 0.3) is 0 Å². The third-order valence-electron chi connectivity index (χ3n) is 3.37. The van der Waals surface area contributed by atoms with Crippen molar-refractivity contribution in [3.63, 3.8) is 0 Å². The monoisotopic (exact) mass is 263 g/mol. The molecule has 6 heteroatoms. The fraction of sp³-hybridized carbons (Fsp3) is 0.462. The fourth-order valence-corrected chi connectivity index (χ4v) is 2.30. The number of rotatable bonds is 3. The summed E-state index contributed by atoms with van der Waals surface area (Å²) in [6.45, 7) is 4.36. The summed E-state index contributed by atoms with van der Waals surface area (Å²) in [7, 11) is 0. The first kappa shape index (κ1) is 13.5. The van der Waals surface area contributed by atoms with Crippen molar-refractivity contribution in [1.29, 1.82) is 0 Å². The molecule has 1 saturated heterocycles. The summed E-state index contributed by atoms with van der Waals surface area (Å²) in [5.74, 6) is -0.126. The van der Waals surface area contributed by atoms with Crippen LogP contribution >= 0.6 is 0 Å². The van der Waals surface area contributed by atoms with Crippen molar-refractivity contribution >= 4 is 17.3 Å². The second kappa shape index (κ2) is 5.36. The summed E-state index contributed by atoms with van der Waals surface area (Å²) < 4.78 is 0. The highest BCUT2D eigenvalue weighted by Crippen LogP contribution is 2.26. The van der Waals surface area contributed by atoms with Crippen molar-refractivity contribution in [2.45, 2.75) is 32.7 Å². The summed E-state index contributed by atoms with van der Waals surface area (Å²) in [6.07, 6.45) is 1.78. The van der Waals surface area contributed by atoms with Crippen molar-refractivity contribution < 1.29 is 9.72 Å². The van der Waals surface area contributed by atoms with Crippen LogP contribution in [0.5, 0.6) is 0 Å². The van der Waals surface area contributed by atoms with Crippen molar-refractivity contribution in [3.8, 4) is 0 Å². The molecule has 2 rings (SSSR count). The average molecular weight is 263 g/mol. The lowest BCUT2D eigenvalue weighted by Crippen LogP contribution is -2.35. The van der Waals surface area contributed by atoms with Crippen molar-refractivity contribution in [3.05, 3.63) is 33.4 Å². The highest BCUT2D eigenvalue weighted by molar-refractivity contribution is 5.96. The molecule has 0 aliphatic carbocycles. The highest BCUT2D eigenvalue weighted by Gasteiger charge is 2.23. The zero-order chi connectivity index (χ0) is 14.0. The Morgan fingerprint density at radius 2 is 2.16 bits per heavy atom. The van der Waals surface area contributed by atoms with Gasteiger partial charge in [0.2, 0.25) is 5.91 Å². The molecule has 2 N–H and O–H groups in total. The van der Waals surface area contributed by atoms with Gasteiger partial charge in [-0.1, -0.05) is 0 Å². The Morgan fingerprint density at radius 1 is 1.42 bits per heavy atom. The minimum atomic E-state index is -0.432. The maximum absolute atomic E-state index is 12.0. The summed E-state index contributed by atoms with van der Waals surface area (Å²) in [5, 5.41) is 16.8. The zero-order valence-corrected chi connectivity index (χ0v) is 11.0. The highest BCUT2D eigenvalue weighted by atomic mass is 16.6. The van der Waals surface area contributed by atoms with E-state index >= 15 is 0 Å². The molecule has 0 spiro atoms. The molecule has 1 amide bonds. The van der Waals surface area contributed by atoms with Gasteiger partial charge in [0.25, 0.3) is 5.69 Å². The number of benzene rings is 1. The molecule has 1 aliphatic rings. The molecule has 0 bridgehead atoms. The average Bonchev–Trinajstić information content (AvgIpc) is 2.85. The minimum Gasteiger partial charge on any atom is -0.324 e. The number of amides is 1. The normalized spacial score (nSPS) is 18.3. The summed E-state index contributed by atoms with van der Waals surface area (Å²) in [5.41, 5.74) is 1.96. The molecule has 1 aromatic rings. The van der Waals surface area contributed by atoms with Gasteiger partial charge in [0.05, 0.1) is 16.7 Å². The standard InChI is InChI=1S/C13H17N3O3/c1-8-6-9(2)12(16(18)19)7-11(8)15-13(17)10-4-3-5-14-10/h6-7,10,14H,3-5H2,1-2H3,(H,15,17). The van der Waals surface area contributed by atoms with Crippen LogP contribution in [-0.2, 0) is 4.79 Å². The maximum atomic E-state index is 12.0. The predicted octanol–water partition coefficient (Wildman–Crippen LogP) is 1.90. The van der Waals surface area contributed by atoms with Crippen LogP contribution in [0.3, 0.4) is 0 Å². The Hall–Kier alpha value is -1.95. The molecule has 1 fully saturated rings. The second-order valence-electron chi connectivity index (χ2n) is 4.85. The summed E-state index contributed by atoms with van der Waals surface area (Å²) in [6, 6.07) is 2.95. The van der Waals surface area contributed by atoms with Crippen LogP contribution in [0, 0.1) is 24.0 Å². The lowest BCUT2D eigenvalue weighted by molar-refractivity contribution is -0.385. The molecular weight excluding hydrogens is 246 g/mol. The van der Waals surface area contributed by atoms with Crippen molar-refractivity contribution in [2.24, 2.45) is 0 Å². The molecule has 0 aromatic heterocycles. The number of nitrogens with zero attached hydrogens (tertiary/aromatic N) is 1. The first-order chi connectivity index (χ1) is 8.99. The molecule has 1 aromatic carbocycles. The Bertz CT molecular complexity index is 522. The number of hydrogen-bond acceptors (Lipinski definition) is 4. The fourth-order valence-electron chi connectivity index (χ4n) is 2.30. The quantitative estimate of drug-likeness (QED) is 0.644. The summed E-state index contributed by atoms with van der Waals surface area (Å²) >= 11 is 0. The molecule has 0 saturated carbocycles. The number of carbonyl (C=O) groups excluding carboxylic acids is 1. The van der Waals surface area contributed by atoms with Gasteiger partial charge in [-0.3, -0.25) is 14.9 Å². The van der Waals surface area contributed by atoms with Gasteiger partial charge in [-0.2, -0.15) is 0 Å². The van der Waals surface area contributed by atoms with E-state index in [1.165, 1.54) is 6.07 Å². The number of carbonyl (C=O) groups is 1. The van der Waals surface area contributed by atoms with E-state index < -0.39 is 4.92 Å². The lowest BCUT2D eigenvalue weighted by atomic mass is 10.1. The van der Waals surface area contributed by atoms with Crippen LogP contribution in [0.2, 0.25) is 0 Å². The van der Waals surface area contributed by atoms with E-state index in [1.807, 2.05) is 6.92 Å². The number of nitro groups is 1. The number of nitrogens with one attached hydrogen (secondary N) is 2. The minimum absolute atomic E-state index is 0.0280. The first-order valence-corrected chi connectivity index (χ1v) is 6.29. The van der Waals surface area contributed by atoms with E-state index in [0.29, 0.717) is 11.3 Å². The summed E-state index contributed by atoms with van der Waals surface area (Å²) in [4.78, 5) is 22.5. The SMILES string of the molecule is Cc1cc(C)c([N+](=O)[O-])cc1NC(=O)C1CCCN1. The van der Waals surface area contributed by atoms with E-state index in [2.05, 4.69) is 10.6 Å². The smallest absolute Gasteiger partial charge is 0.274 e. The maximum Gasteiger partial charge on any atom is 0.274 e. The van der Waals surface area contributed by atoms with Gasteiger partial charge in [0, 0.05) is 11.6 Å². The van der Waals surface area contributed by atoms with Crippen LogP contribution in [0.15, 0.2) is 12.1 Å². The van der Waals surface area contributed by atoms with E-state index in [1.54, 1.807) is 13.0 Å². The largest absolute Gasteiger partial charge is 0.324 e. The van der Waals surface area contributed by atoms with Gasteiger partial charge in [-0.15, -0.1) is 0 Å². The molecule has 1 atom stereocenters. The third kappa shape index (κ3) is 2.90. The Morgan fingerprint density at radius 3 is 2.74 bits per heavy atom. The Labute approximate surface area is 111 Å². The zero-order valence-electron chi connectivity index (χ0n) is 11.0. The van der Waals surface area contributed by atoms with E-state index in [4.69, 9.17) is 0 Å². The van der Waals surface area contributed by atoms with Gasteiger partial charge < -0.3 is 10.6 Å². The van der Waals surface area contributed by atoms with Gasteiger partial charge in [0.15, 0.2) is 0 Å². The van der Waals surface area contributed by atoms with E-state index in [-0.39, 0.29) is 17.6 Å². The first-order valence-electron chi connectivity index (χ1n) is 6.29. The number of hydrogen-bond donors (Lipinski definition) is 2. The molecule has 1 aliphatic heterocycles. The van der Waals surface area contributed by atoms with Crippen LogP contribution in [0.4, 0.5) is 11.4 Å². The number of nitro benzene ring substituents is 1. The third-order valence-corrected chi connectivity index (χ3v) is 3.37. The van der Waals surface area contributed by atoms with Gasteiger partial charge in [-0.25, -0.2) is 0 Å². The molecule has 1 heterocycles. The van der Waals surface area contributed by atoms with Crippen LogP contribution < -0.4 is 10.6 Å². The molecule has 6 nitrogen and oxygen atoms in total. The Balaban J connectivity index is 2.21. The van der Waals surface area contributed by atoms with Crippen molar-refractivity contribution in [1.82, 2.24) is 5.32 Å². The lowest BCUT2D eigenvalue weighted by Gasteiger charge is -2.13.